The molecule has 0 aromatic heterocycles. The number of hydrogen-bond donors (Lipinski definition) is 1. The van der Waals surface area contributed by atoms with E-state index in [1.807, 2.05) is 6.92 Å². The Labute approximate surface area is 69.4 Å². The van der Waals surface area contributed by atoms with Crippen molar-refractivity contribution in [2.75, 3.05) is 4.66 Å². The molecule has 0 atom stereocenters. The van der Waals surface area contributed by atoms with Gasteiger partial charge in [-0.3, -0.25) is 0 Å². The van der Waals surface area contributed by atoms with Crippen LogP contribution in [-0.2, 0) is 10.0 Å². The lowest BCUT2D eigenvalue weighted by atomic mass is 10.4. The van der Waals surface area contributed by atoms with Gasteiger partial charge in [-0.2, -0.15) is 0 Å². The molecule has 1 saturated carbocycles. The topological polar surface area (TPSA) is 46.2 Å². The summed E-state index contributed by atoms with van der Waals surface area (Å²) in [6, 6.07) is 0. The summed E-state index contributed by atoms with van der Waals surface area (Å²) in [7, 11) is -3.05. The third-order valence-electron chi connectivity index (χ3n) is 1.55. The Morgan fingerprint density at radius 1 is 1.60 bits per heavy atom. The van der Waals surface area contributed by atoms with E-state index in [4.69, 9.17) is 0 Å². The van der Waals surface area contributed by atoms with Crippen molar-refractivity contribution in [3.8, 4) is 0 Å². The quantitative estimate of drug-likeness (QED) is 0.726. The van der Waals surface area contributed by atoms with Gasteiger partial charge >= 0.3 is 0 Å². The Bertz CT molecular complexity index is 220. The number of halogens is 1. The lowest BCUT2D eigenvalue weighted by molar-refractivity contribution is 0.563. The summed E-state index contributed by atoms with van der Waals surface area (Å²) in [5, 5.41) is 0. The fourth-order valence-electron chi connectivity index (χ4n) is 0.692. The van der Waals surface area contributed by atoms with Crippen molar-refractivity contribution in [1.82, 2.24) is 4.72 Å². The summed E-state index contributed by atoms with van der Waals surface area (Å²) in [6.45, 7) is 1.91. The molecule has 1 rings (SSSR count). The SMILES string of the molecule is CC1(NS(=O)(=O)CBr)CC1. The number of hydrogen-bond acceptors (Lipinski definition) is 2. The van der Waals surface area contributed by atoms with Gasteiger partial charge in [0, 0.05) is 5.54 Å². The van der Waals surface area contributed by atoms with E-state index in [0.717, 1.165) is 12.8 Å². The molecule has 3 nitrogen and oxygen atoms in total. The highest BCUT2D eigenvalue weighted by atomic mass is 79.9. The molecule has 1 aliphatic rings. The van der Waals surface area contributed by atoms with Gasteiger partial charge in [0.1, 0.15) is 4.66 Å². The molecule has 5 heteroatoms. The average Bonchev–Trinajstić information content (AvgIpc) is 2.47. The van der Waals surface area contributed by atoms with Gasteiger partial charge in [0.25, 0.3) is 0 Å². The molecule has 0 heterocycles. The lowest BCUT2D eigenvalue weighted by Crippen LogP contribution is -2.34. The normalized spacial score (nSPS) is 22.6. The second-order valence-corrected chi connectivity index (χ2v) is 5.91. The van der Waals surface area contributed by atoms with Crippen molar-refractivity contribution in [2.24, 2.45) is 0 Å². The molecule has 0 bridgehead atoms. The van der Waals surface area contributed by atoms with Gasteiger partial charge < -0.3 is 0 Å². The number of rotatable bonds is 3. The molecule has 0 aromatic carbocycles. The first kappa shape index (κ1) is 8.49. The first-order chi connectivity index (χ1) is 4.47. The van der Waals surface area contributed by atoms with Crippen LogP contribution in [0.5, 0.6) is 0 Å². The lowest BCUT2D eigenvalue weighted by Gasteiger charge is -2.08. The number of nitrogens with one attached hydrogen (secondary N) is 1. The van der Waals surface area contributed by atoms with Crippen LogP contribution in [0.1, 0.15) is 19.8 Å². The Kier molecular flexibility index (Phi) is 2.09. The Morgan fingerprint density at radius 3 is 2.40 bits per heavy atom. The predicted octanol–water partition coefficient (Wildman–Crippen LogP) is 0.811. The zero-order valence-corrected chi connectivity index (χ0v) is 8.13. The second kappa shape index (κ2) is 2.46. The van der Waals surface area contributed by atoms with Gasteiger partial charge in [-0.1, -0.05) is 15.9 Å². The van der Waals surface area contributed by atoms with Crippen LogP contribution in [0.3, 0.4) is 0 Å². The van der Waals surface area contributed by atoms with E-state index in [2.05, 4.69) is 20.7 Å². The molecule has 0 aromatic rings. The highest BCUT2D eigenvalue weighted by molar-refractivity contribution is 9.10. The van der Waals surface area contributed by atoms with E-state index in [-0.39, 0.29) is 10.2 Å². The monoisotopic (exact) mass is 227 g/mol. The van der Waals surface area contributed by atoms with Crippen molar-refractivity contribution in [2.45, 2.75) is 25.3 Å². The highest BCUT2D eigenvalue weighted by Crippen LogP contribution is 2.35. The van der Waals surface area contributed by atoms with E-state index in [9.17, 15) is 8.42 Å². The summed E-state index contributed by atoms with van der Waals surface area (Å²) in [5.74, 6) is 0. The smallest absolute Gasteiger partial charge is 0.212 e. The maximum Gasteiger partial charge on any atom is 0.222 e. The van der Waals surface area contributed by atoms with Crippen LogP contribution in [0.25, 0.3) is 0 Å². The van der Waals surface area contributed by atoms with Crippen LogP contribution < -0.4 is 4.72 Å². The minimum Gasteiger partial charge on any atom is -0.212 e. The maximum absolute atomic E-state index is 10.9. The van der Waals surface area contributed by atoms with Crippen molar-refractivity contribution in [3.05, 3.63) is 0 Å². The fraction of sp³-hybridized carbons (Fsp3) is 1.00. The summed E-state index contributed by atoms with van der Waals surface area (Å²) in [5.41, 5.74) is -0.132. The molecule has 0 unspecified atom stereocenters. The minimum atomic E-state index is -3.05. The third-order valence-corrected chi connectivity index (χ3v) is 4.44. The zero-order chi connectivity index (χ0) is 7.83. The minimum absolute atomic E-state index is 0.00438. The Balaban J connectivity index is 2.53. The molecule has 0 saturated heterocycles. The van der Waals surface area contributed by atoms with E-state index >= 15 is 0 Å². The number of alkyl halides is 1. The van der Waals surface area contributed by atoms with Crippen LogP contribution in [0.2, 0.25) is 0 Å². The van der Waals surface area contributed by atoms with E-state index < -0.39 is 10.0 Å². The Hall–Kier alpha value is 0.390. The number of sulfonamides is 1. The van der Waals surface area contributed by atoms with Crippen LogP contribution in [0.4, 0.5) is 0 Å². The summed E-state index contributed by atoms with van der Waals surface area (Å²) in [4.78, 5) is 0. The fourth-order valence-corrected chi connectivity index (χ4v) is 2.05. The van der Waals surface area contributed by atoms with E-state index in [1.165, 1.54) is 0 Å². The molecular weight excluding hydrogens is 218 g/mol. The molecule has 1 N–H and O–H groups in total. The van der Waals surface area contributed by atoms with Gasteiger partial charge in [-0.25, -0.2) is 13.1 Å². The zero-order valence-electron chi connectivity index (χ0n) is 5.72. The molecule has 0 radical (unpaired) electrons. The molecule has 0 amide bonds. The molecular formula is C5H10BrNO2S. The standard InChI is InChI=1S/C5H10BrNO2S/c1-5(2-3-5)7-10(8,9)4-6/h7H,2-4H2,1H3. The predicted molar refractivity (Wildman–Crippen MR) is 43.5 cm³/mol. The summed E-state index contributed by atoms with van der Waals surface area (Å²) >= 11 is 2.90. The maximum atomic E-state index is 10.9. The first-order valence-electron chi connectivity index (χ1n) is 3.05. The van der Waals surface area contributed by atoms with Crippen LogP contribution in [0, 0.1) is 0 Å². The van der Waals surface area contributed by atoms with E-state index in [1.54, 1.807) is 0 Å². The average molecular weight is 228 g/mol. The summed E-state index contributed by atoms with van der Waals surface area (Å²) in [6.07, 6.45) is 1.92. The van der Waals surface area contributed by atoms with E-state index in [0.29, 0.717) is 0 Å². The molecule has 0 aliphatic heterocycles. The molecule has 1 fully saturated rings. The molecule has 10 heavy (non-hydrogen) atoms. The first-order valence-corrected chi connectivity index (χ1v) is 5.82. The largest absolute Gasteiger partial charge is 0.222 e. The van der Waals surface area contributed by atoms with Crippen molar-refractivity contribution >= 4 is 26.0 Å². The van der Waals surface area contributed by atoms with Crippen LogP contribution in [-0.4, -0.2) is 18.6 Å². The van der Waals surface area contributed by atoms with Gasteiger partial charge in [0.05, 0.1) is 0 Å². The van der Waals surface area contributed by atoms with Crippen molar-refractivity contribution < 1.29 is 8.42 Å². The van der Waals surface area contributed by atoms with Crippen molar-refractivity contribution in [3.63, 3.8) is 0 Å². The van der Waals surface area contributed by atoms with Gasteiger partial charge in [-0.15, -0.1) is 0 Å². The summed E-state index contributed by atoms with van der Waals surface area (Å²) < 4.78 is 24.4. The van der Waals surface area contributed by atoms with Gasteiger partial charge in [0.2, 0.25) is 10.0 Å². The molecule has 60 valence electrons. The van der Waals surface area contributed by atoms with Crippen molar-refractivity contribution in [1.29, 1.82) is 0 Å². The Morgan fingerprint density at radius 2 is 2.10 bits per heavy atom. The third kappa shape index (κ3) is 2.21. The van der Waals surface area contributed by atoms with Crippen LogP contribution in [0.15, 0.2) is 0 Å². The van der Waals surface area contributed by atoms with Gasteiger partial charge in [-0.05, 0) is 19.8 Å². The van der Waals surface area contributed by atoms with Crippen LogP contribution >= 0.6 is 15.9 Å². The molecule has 1 aliphatic carbocycles. The van der Waals surface area contributed by atoms with Gasteiger partial charge in [0.15, 0.2) is 0 Å². The highest BCUT2D eigenvalue weighted by Gasteiger charge is 2.40. The second-order valence-electron chi connectivity index (χ2n) is 2.89. The molecule has 0 spiro atoms.